The average molecular weight is 436 g/mol. The molecule has 1 fully saturated rings. The maximum absolute atomic E-state index is 6.00. The fourth-order valence-electron chi connectivity index (χ4n) is 1.88. The summed E-state index contributed by atoms with van der Waals surface area (Å²) in [5, 5.41) is 3.55. The van der Waals surface area contributed by atoms with Crippen molar-refractivity contribution in [1.29, 1.82) is 0 Å². The van der Waals surface area contributed by atoms with Crippen molar-refractivity contribution in [3.05, 3.63) is 0 Å². The predicted octanol–water partition coefficient (Wildman–Crippen LogP) is -4.35. The molecule has 0 saturated heterocycles. The van der Waals surface area contributed by atoms with Crippen LogP contribution in [0.3, 0.4) is 0 Å². The molecule has 0 bridgehead atoms. The van der Waals surface area contributed by atoms with E-state index < -0.39 is 0 Å². The van der Waals surface area contributed by atoms with E-state index in [2.05, 4.69) is 12.2 Å². The van der Waals surface area contributed by atoms with Gasteiger partial charge in [0.15, 0.2) is 0 Å². The van der Waals surface area contributed by atoms with Crippen LogP contribution in [-0.4, -0.2) is 18.6 Å². The first kappa shape index (κ1) is 21.5. The Morgan fingerprint density at radius 2 is 1.80 bits per heavy atom. The van der Waals surface area contributed by atoms with Gasteiger partial charge in [-0.15, -0.1) is 0 Å². The van der Waals surface area contributed by atoms with Crippen molar-refractivity contribution in [2.45, 2.75) is 57.5 Å². The topological polar surface area (TPSA) is 38.0 Å². The minimum atomic E-state index is 0. The number of hydrogen-bond donors (Lipinski definition) is 2. The van der Waals surface area contributed by atoms with Crippen LogP contribution in [0.4, 0.5) is 0 Å². The number of halogens is 2. The van der Waals surface area contributed by atoms with Crippen molar-refractivity contribution >= 4 is 0 Å². The van der Waals surface area contributed by atoms with Gasteiger partial charge in [-0.3, -0.25) is 0 Å². The van der Waals surface area contributed by atoms with Crippen LogP contribution in [-0.2, 0) is 21.1 Å². The second kappa shape index (κ2) is 13.3. The third kappa shape index (κ3) is 8.94. The van der Waals surface area contributed by atoms with Crippen molar-refractivity contribution in [2.24, 2.45) is 5.73 Å². The Hall–Kier alpha value is 1.19. The Balaban J connectivity index is -0.000000480. The molecule has 0 spiro atoms. The summed E-state index contributed by atoms with van der Waals surface area (Å²) in [6.45, 7) is 3.37. The summed E-state index contributed by atoms with van der Waals surface area (Å²) < 4.78 is 0. The molecule has 0 radical (unpaired) electrons. The summed E-state index contributed by atoms with van der Waals surface area (Å²) in [5.74, 6) is 0. The molecule has 96 valence electrons. The molecule has 1 rings (SSSR count). The summed E-state index contributed by atoms with van der Waals surface area (Å²) in [6.07, 6.45) is 7.73. The molecule has 0 unspecified atom stereocenters. The Bertz CT molecular complexity index is 128. The van der Waals surface area contributed by atoms with Crippen LogP contribution < -0.4 is 35.9 Å². The second-order valence-electron chi connectivity index (χ2n) is 3.86. The van der Waals surface area contributed by atoms with E-state index in [1.165, 1.54) is 38.5 Å². The Kier molecular flexibility index (Phi) is 19.0. The third-order valence-corrected chi connectivity index (χ3v) is 2.76. The number of hydrogen-bond acceptors (Lipinski definition) is 2. The van der Waals surface area contributed by atoms with Crippen molar-refractivity contribution in [2.75, 3.05) is 6.54 Å². The van der Waals surface area contributed by atoms with Gasteiger partial charge in [-0.2, -0.15) is 0 Å². The Labute approximate surface area is 121 Å². The van der Waals surface area contributed by atoms with Crippen LogP contribution in [0.15, 0.2) is 0 Å². The quantitative estimate of drug-likeness (QED) is 0.438. The summed E-state index contributed by atoms with van der Waals surface area (Å²) in [5.41, 5.74) is 6.00. The van der Waals surface area contributed by atoms with Gasteiger partial charge in [-0.05, 0) is 25.8 Å². The van der Waals surface area contributed by atoms with E-state index in [0.29, 0.717) is 12.1 Å². The predicted molar refractivity (Wildman–Crippen MR) is 53.1 cm³/mol. The largest absolute Gasteiger partial charge is 2.00 e. The minimum Gasteiger partial charge on any atom is -1.00 e. The van der Waals surface area contributed by atoms with Gasteiger partial charge >= 0.3 is 21.1 Å². The first-order valence-electron chi connectivity index (χ1n) is 5.33. The number of nitrogens with two attached hydrogens (primary N) is 1. The van der Waals surface area contributed by atoms with Gasteiger partial charge in [0.2, 0.25) is 0 Å². The fourth-order valence-corrected chi connectivity index (χ4v) is 1.88. The Morgan fingerprint density at radius 3 is 2.33 bits per heavy atom. The average Bonchev–Trinajstić information content (AvgIpc) is 2.09. The minimum absolute atomic E-state index is 0. The van der Waals surface area contributed by atoms with E-state index >= 15 is 0 Å². The zero-order valence-corrected chi connectivity index (χ0v) is 13.0. The van der Waals surface area contributed by atoms with Gasteiger partial charge in [0.25, 0.3) is 0 Å². The molecule has 0 amide bonds. The monoisotopic (exact) mass is 435 g/mol. The maximum Gasteiger partial charge on any atom is 2.00 e. The molecule has 3 N–H and O–H groups in total. The van der Waals surface area contributed by atoms with E-state index in [0.717, 1.165) is 6.54 Å². The van der Waals surface area contributed by atoms with Gasteiger partial charge in [0.1, 0.15) is 0 Å². The van der Waals surface area contributed by atoms with Crippen LogP contribution in [0.5, 0.6) is 0 Å². The summed E-state index contributed by atoms with van der Waals surface area (Å²) in [7, 11) is 0. The zero-order valence-electron chi connectivity index (χ0n) is 9.25. The molecule has 0 aromatic heterocycles. The molecular weight excluding hydrogens is 414 g/mol. The molecular formula is C10H22Cl2N2Pt. The standard InChI is InChI=1S/C10H22N2.2ClH.Pt/c1-2-3-8-12-10-7-5-4-6-9(10)11;;;/h9-10,12H,2-8,11H2,1H3;2*1H;/q;;;+2/p-2/t9-,10-;;;/m1.../s1. The van der Waals surface area contributed by atoms with E-state index in [4.69, 9.17) is 5.73 Å². The molecule has 0 heterocycles. The van der Waals surface area contributed by atoms with Gasteiger partial charge < -0.3 is 35.9 Å². The van der Waals surface area contributed by atoms with Gasteiger partial charge in [-0.25, -0.2) is 0 Å². The molecule has 1 aliphatic rings. The molecule has 0 aromatic carbocycles. The van der Waals surface area contributed by atoms with Gasteiger partial charge in [-0.1, -0.05) is 26.2 Å². The number of unbranched alkanes of at least 4 members (excludes halogenated alkanes) is 1. The summed E-state index contributed by atoms with van der Waals surface area (Å²) >= 11 is 0. The third-order valence-electron chi connectivity index (χ3n) is 2.76. The zero-order chi connectivity index (χ0) is 8.81. The van der Waals surface area contributed by atoms with Crippen LogP contribution in [0.1, 0.15) is 45.4 Å². The van der Waals surface area contributed by atoms with Gasteiger partial charge in [0, 0.05) is 12.1 Å². The molecule has 1 saturated carbocycles. The first-order valence-corrected chi connectivity index (χ1v) is 5.33. The normalized spacial score (nSPS) is 24.4. The smallest absolute Gasteiger partial charge is 1.00 e. The van der Waals surface area contributed by atoms with Crippen LogP contribution in [0.2, 0.25) is 0 Å². The molecule has 2 atom stereocenters. The van der Waals surface area contributed by atoms with Crippen LogP contribution in [0, 0.1) is 0 Å². The number of rotatable bonds is 4. The molecule has 0 aliphatic heterocycles. The molecule has 2 nitrogen and oxygen atoms in total. The Morgan fingerprint density at radius 1 is 1.20 bits per heavy atom. The maximum atomic E-state index is 6.00. The SMILES string of the molecule is CCCCN[C@@H]1CCCC[C@H]1N.[Cl-].[Cl-].[Pt+2]. The molecule has 15 heavy (non-hydrogen) atoms. The van der Waals surface area contributed by atoms with Gasteiger partial charge in [0.05, 0.1) is 0 Å². The van der Waals surface area contributed by atoms with E-state index in [9.17, 15) is 0 Å². The van der Waals surface area contributed by atoms with E-state index in [1.54, 1.807) is 0 Å². The molecule has 0 aromatic rings. The van der Waals surface area contributed by atoms with Crippen molar-refractivity contribution in [3.8, 4) is 0 Å². The number of nitrogens with one attached hydrogen (secondary N) is 1. The van der Waals surface area contributed by atoms with Crippen molar-refractivity contribution in [1.82, 2.24) is 5.32 Å². The summed E-state index contributed by atoms with van der Waals surface area (Å²) in [6, 6.07) is 1.01. The van der Waals surface area contributed by atoms with Crippen LogP contribution >= 0.6 is 0 Å². The fraction of sp³-hybridized carbons (Fsp3) is 1.00. The summed E-state index contributed by atoms with van der Waals surface area (Å²) in [4.78, 5) is 0. The van der Waals surface area contributed by atoms with E-state index in [-0.39, 0.29) is 45.9 Å². The van der Waals surface area contributed by atoms with Crippen LogP contribution in [0.25, 0.3) is 0 Å². The second-order valence-corrected chi connectivity index (χ2v) is 3.86. The molecule has 5 heteroatoms. The van der Waals surface area contributed by atoms with E-state index in [1.807, 2.05) is 0 Å². The van der Waals surface area contributed by atoms with Crippen molar-refractivity contribution in [3.63, 3.8) is 0 Å². The first-order chi connectivity index (χ1) is 5.84. The van der Waals surface area contributed by atoms with Crippen molar-refractivity contribution < 1.29 is 45.9 Å². The molecule has 1 aliphatic carbocycles.